The summed E-state index contributed by atoms with van der Waals surface area (Å²) < 4.78 is 7.51. The van der Waals surface area contributed by atoms with Crippen molar-refractivity contribution in [3.8, 4) is 0 Å². The van der Waals surface area contributed by atoms with Crippen molar-refractivity contribution >= 4 is 11.6 Å². The van der Waals surface area contributed by atoms with Crippen molar-refractivity contribution in [1.82, 2.24) is 0 Å². The standard InChI is InChI=1S/C12H14N2O/c1-14-9-10-15-12(14)7-8-13-11-5-3-2-4-6-11/h2-8H,9-10H2,1H3/p+1. The van der Waals surface area contributed by atoms with E-state index in [4.69, 9.17) is 4.74 Å². The minimum Gasteiger partial charge on any atom is -0.438 e. The van der Waals surface area contributed by atoms with Crippen molar-refractivity contribution in [1.29, 1.82) is 0 Å². The molecule has 0 radical (unpaired) electrons. The van der Waals surface area contributed by atoms with E-state index in [1.165, 1.54) is 0 Å². The molecule has 1 heterocycles. The Morgan fingerprint density at radius 3 is 2.80 bits per heavy atom. The van der Waals surface area contributed by atoms with Crippen LogP contribution >= 0.6 is 0 Å². The fourth-order valence-corrected chi connectivity index (χ4v) is 1.43. The number of hydrogen-bond donors (Lipinski definition) is 1. The third-order valence-electron chi connectivity index (χ3n) is 2.30. The van der Waals surface area contributed by atoms with E-state index < -0.39 is 0 Å². The summed E-state index contributed by atoms with van der Waals surface area (Å²) in [7, 11) is 2.02. The van der Waals surface area contributed by atoms with Crippen LogP contribution in [0.25, 0.3) is 0 Å². The first kappa shape index (κ1) is 9.77. The molecule has 0 spiro atoms. The summed E-state index contributed by atoms with van der Waals surface area (Å²) in [5, 5.41) is 3.18. The molecule has 0 unspecified atom stereocenters. The van der Waals surface area contributed by atoms with Gasteiger partial charge in [-0.25, -0.2) is 0 Å². The number of hydrogen-bond acceptors (Lipinski definition) is 2. The van der Waals surface area contributed by atoms with Crippen LogP contribution in [-0.2, 0) is 4.74 Å². The number of ether oxygens (including phenoxy) is 1. The van der Waals surface area contributed by atoms with Gasteiger partial charge in [0.1, 0.15) is 7.05 Å². The fraction of sp³-hybridized carbons (Fsp3) is 0.250. The van der Waals surface area contributed by atoms with Gasteiger partial charge in [0, 0.05) is 11.9 Å². The van der Waals surface area contributed by atoms with Gasteiger partial charge in [-0.2, -0.15) is 4.58 Å². The molecule has 0 bridgehead atoms. The Morgan fingerprint density at radius 2 is 2.13 bits per heavy atom. The van der Waals surface area contributed by atoms with Gasteiger partial charge in [-0.15, -0.1) is 0 Å². The molecule has 0 atom stereocenters. The molecule has 78 valence electrons. The van der Waals surface area contributed by atoms with Crippen LogP contribution in [-0.4, -0.2) is 30.7 Å². The lowest BCUT2D eigenvalue weighted by Crippen LogP contribution is -2.08. The van der Waals surface area contributed by atoms with E-state index in [0.717, 1.165) is 24.7 Å². The fourth-order valence-electron chi connectivity index (χ4n) is 1.43. The lowest BCUT2D eigenvalue weighted by atomic mass is 10.3. The first-order valence-corrected chi connectivity index (χ1v) is 5.05. The minimum absolute atomic E-state index is 0.779. The topological polar surface area (TPSA) is 24.3 Å². The van der Waals surface area contributed by atoms with Gasteiger partial charge in [-0.05, 0) is 12.1 Å². The van der Waals surface area contributed by atoms with Gasteiger partial charge < -0.3 is 10.1 Å². The summed E-state index contributed by atoms with van der Waals surface area (Å²) in [6.45, 7) is 1.74. The molecule has 1 aromatic carbocycles. The molecule has 1 N–H and O–H groups in total. The van der Waals surface area contributed by atoms with Crippen molar-refractivity contribution in [3.63, 3.8) is 0 Å². The van der Waals surface area contributed by atoms with Crippen LogP contribution in [0, 0.1) is 0 Å². The quantitative estimate of drug-likeness (QED) is 0.756. The van der Waals surface area contributed by atoms with Crippen LogP contribution in [0.2, 0.25) is 0 Å². The van der Waals surface area contributed by atoms with Crippen molar-refractivity contribution in [2.45, 2.75) is 0 Å². The van der Waals surface area contributed by atoms with Crippen LogP contribution in [0.4, 0.5) is 5.69 Å². The number of nitrogens with zero attached hydrogens (tertiary/aromatic N) is 1. The molecule has 1 aliphatic heterocycles. The molecule has 0 saturated heterocycles. The Morgan fingerprint density at radius 1 is 1.33 bits per heavy atom. The maximum atomic E-state index is 5.42. The third-order valence-corrected chi connectivity index (χ3v) is 2.30. The van der Waals surface area contributed by atoms with Gasteiger partial charge in [0.2, 0.25) is 0 Å². The number of para-hydroxylation sites is 1. The molecule has 1 aliphatic rings. The first-order chi connectivity index (χ1) is 7.36. The van der Waals surface area contributed by atoms with Gasteiger partial charge in [-0.3, -0.25) is 0 Å². The predicted molar refractivity (Wildman–Crippen MR) is 61.2 cm³/mol. The molecule has 0 aliphatic carbocycles. The monoisotopic (exact) mass is 203 g/mol. The van der Waals surface area contributed by atoms with E-state index in [9.17, 15) is 0 Å². The third kappa shape index (κ3) is 2.59. The molecule has 15 heavy (non-hydrogen) atoms. The molecule has 2 rings (SSSR count). The van der Waals surface area contributed by atoms with Crippen molar-refractivity contribution < 1.29 is 9.31 Å². The zero-order chi connectivity index (χ0) is 10.5. The number of anilines is 1. The highest BCUT2D eigenvalue weighted by Gasteiger charge is 2.16. The van der Waals surface area contributed by atoms with E-state index >= 15 is 0 Å². The smallest absolute Gasteiger partial charge is 0.363 e. The molecular formula is C12H15N2O+. The van der Waals surface area contributed by atoms with Crippen LogP contribution in [0.15, 0.2) is 42.6 Å². The molecule has 0 fully saturated rings. The van der Waals surface area contributed by atoms with Crippen LogP contribution < -0.4 is 5.32 Å². The highest BCUT2D eigenvalue weighted by molar-refractivity contribution is 5.84. The Bertz CT molecular complexity index is 382. The summed E-state index contributed by atoms with van der Waals surface area (Å²) in [5.41, 5.74) is 1.08. The average Bonchev–Trinajstić information content (AvgIpc) is 2.66. The van der Waals surface area contributed by atoms with Crippen LogP contribution in [0.1, 0.15) is 0 Å². The zero-order valence-corrected chi connectivity index (χ0v) is 8.81. The van der Waals surface area contributed by atoms with Gasteiger partial charge in [0.05, 0.1) is 6.08 Å². The summed E-state index contributed by atoms with van der Waals surface area (Å²) in [4.78, 5) is 0. The van der Waals surface area contributed by atoms with E-state index in [1.54, 1.807) is 0 Å². The molecule has 3 heteroatoms. The highest BCUT2D eigenvalue weighted by Crippen LogP contribution is 2.04. The second kappa shape index (κ2) is 4.64. The number of benzene rings is 1. The number of nitrogens with one attached hydrogen (secondary N) is 1. The maximum absolute atomic E-state index is 5.42. The highest BCUT2D eigenvalue weighted by atomic mass is 16.5. The predicted octanol–water partition coefficient (Wildman–Crippen LogP) is 1.68. The maximum Gasteiger partial charge on any atom is 0.363 e. The summed E-state index contributed by atoms with van der Waals surface area (Å²) >= 11 is 0. The molecule has 1 aromatic rings. The Balaban J connectivity index is 1.93. The van der Waals surface area contributed by atoms with Crippen molar-refractivity contribution in [2.75, 3.05) is 25.5 Å². The Labute approximate surface area is 89.7 Å². The Kier molecular flexibility index (Phi) is 3.02. The van der Waals surface area contributed by atoms with E-state index in [-0.39, 0.29) is 0 Å². The largest absolute Gasteiger partial charge is 0.438 e. The number of likely N-dealkylation sites (N-methyl/N-ethyl adjacent to an activating group) is 1. The summed E-state index contributed by atoms with van der Waals surface area (Å²) in [6.07, 6.45) is 3.84. The second-order valence-corrected chi connectivity index (χ2v) is 3.45. The van der Waals surface area contributed by atoms with Gasteiger partial charge in [-0.1, -0.05) is 18.2 Å². The Hall–Kier alpha value is -1.77. The molecule has 3 nitrogen and oxygen atoms in total. The van der Waals surface area contributed by atoms with Crippen molar-refractivity contribution in [3.05, 3.63) is 42.6 Å². The van der Waals surface area contributed by atoms with E-state index in [1.807, 2.05) is 49.7 Å². The minimum atomic E-state index is 0.779. The molecule has 0 aromatic heterocycles. The van der Waals surface area contributed by atoms with Crippen LogP contribution in [0.5, 0.6) is 0 Å². The van der Waals surface area contributed by atoms with E-state index in [2.05, 4.69) is 9.89 Å². The summed E-state index contributed by atoms with van der Waals surface area (Å²) in [5.74, 6) is 0.915. The van der Waals surface area contributed by atoms with Gasteiger partial charge in [0.15, 0.2) is 13.2 Å². The lowest BCUT2D eigenvalue weighted by Gasteiger charge is -1.97. The van der Waals surface area contributed by atoms with E-state index in [0.29, 0.717) is 0 Å². The summed E-state index contributed by atoms with van der Waals surface area (Å²) in [6, 6.07) is 10.0. The number of rotatable bonds is 3. The average molecular weight is 203 g/mol. The molecular weight excluding hydrogens is 188 g/mol. The first-order valence-electron chi connectivity index (χ1n) is 5.05. The normalized spacial score (nSPS) is 15.8. The second-order valence-electron chi connectivity index (χ2n) is 3.45. The van der Waals surface area contributed by atoms with Crippen molar-refractivity contribution in [2.24, 2.45) is 0 Å². The van der Waals surface area contributed by atoms with Gasteiger partial charge in [0.25, 0.3) is 0 Å². The molecule has 0 amide bonds. The lowest BCUT2D eigenvalue weighted by molar-refractivity contribution is -0.486. The molecule has 0 saturated carbocycles. The van der Waals surface area contributed by atoms with Gasteiger partial charge >= 0.3 is 5.90 Å². The van der Waals surface area contributed by atoms with Crippen LogP contribution in [0.3, 0.4) is 0 Å². The SMILES string of the molecule is C[N+]1=C(/C=C\Nc2ccccc2)OCC1. The zero-order valence-electron chi connectivity index (χ0n) is 8.81.